The number of amides is 1. The minimum atomic E-state index is -0.536. The van der Waals surface area contributed by atoms with Crippen molar-refractivity contribution in [1.29, 1.82) is 0 Å². The molecule has 6 heteroatoms. The van der Waals surface area contributed by atoms with E-state index in [1.807, 2.05) is 0 Å². The van der Waals surface area contributed by atoms with Gasteiger partial charge in [-0.3, -0.25) is 5.32 Å². The van der Waals surface area contributed by atoms with Crippen LogP contribution in [0, 0.1) is 0 Å². The lowest BCUT2D eigenvalue weighted by Gasteiger charge is -1.98. The van der Waals surface area contributed by atoms with Crippen molar-refractivity contribution in [3.63, 3.8) is 0 Å². The van der Waals surface area contributed by atoms with E-state index in [9.17, 15) is 4.79 Å². The molecule has 0 saturated carbocycles. The van der Waals surface area contributed by atoms with Gasteiger partial charge >= 0.3 is 6.09 Å². The Morgan fingerprint density at radius 3 is 3.09 bits per heavy atom. The molecule has 0 spiro atoms. The summed E-state index contributed by atoms with van der Waals surface area (Å²) < 4.78 is 5.02. The number of hydrogen-bond acceptors (Lipinski definition) is 5. The molecule has 11 heavy (non-hydrogen) atoms. The molecule has 4 nitrogen and oxygen atoms in total. The van der Waals surface area contributed by atoms with Gasteiger partial charge in [0.1, 0.15) is 4.21 Å². The number of hydrogen-bond donors (Lipinski definition) is 2. The summed E-state index contributed by atoms with van der Waals surface area (Å²) in [5.41, 5.74) is 1.59. The van der Waals surface area contributed by atoms with Crippen LogP contribution in [0.5, 0.6) is 0 Å². The maximum atomic E-state index is 10.6. The van der Waals surface area contributed by atoms with Crippen LogP contribution in [0.15, 0.2) is 9.72 Å². The lowest BCUT2D eigenvalue weighted by Crippen LogP contribution is -2.11. The van der Waals surface area contributed by atoms with Gasteiger partial charge in [0.2, 0.25) is 0 Å². The number of thiazole rings is 1. The summed E-state index contributed by atoms with van der Waals surface area (Å²) in [6, 6.07) is 0. The highest BCUT2D eigenvalue weighted by atomic mass is 32.2. The van der Waals surface area contributed by atoms with E-state index in [4.69, 9.17) is 0 Å². The summed E-state index contributed by atoms with van der Waals surface area (Å²) in [4.78, 5) is 14.5. The molecule has 1 amide bonds. The SMILES string of the molecule is COC(=O)Nc1ncsc1S. The Morgan fingerprint density at radius 1 is 1.91 bits per heavy atom. The number of carbonyl (C=O) groups excluding carboxylic acids is 1. The van der Waals surface area contributed by atoms with Crippen LogP contribution in [0.25, 0.3) is 0 Å². The van der Waals surface area contributed by atoms with Crippen LogP contribution in [-0.2, 0) is 4.74 Å². The van der Waals surface area contributed by atoms with Crippen LogP contribution in [0.2, 0.25) is 0 Å². The number of ether oxygens (including phenoxy) is 1. The molecule has 1 aromatic heterocycles. The first kappa shape index (κ1) is 8.35. The number of nitrogens with zero attached hydrogens (tertiary/aromatic N) is 1. The van der Waals surface area contributed by atoms with Gasteiger partial charge in [-0.25, -0.2) is 9.78 Å². The molecule has 0 atom stereocenters. The zero-order valence-corrected chi connectivity index (χ0v) is 7.41. The van der Waals surface area contributed by atoms with E-state index in [0.29, 0.717) is 10.0 Å². The Kier molecular flexibility index (Phi) is 2.72. The fraction of sp³-hybridized carbons (Fsp3) is 0.200. The molecule has 60 valence electrons. The van der Waals surface area contributed by atoms with Crippen molar-refractivity contribution in [3.05, 3.63) is 5.51 Å². The summed E-state index contributed by atoms with van der Waals surface area (Å²) in [7, 11) is 1.29. The maximum absolute atomic E-state index is 10.6. The average Bonchev–Trinajstić information content (AvgIpc) is 2.37. The number of methoxy groups -OCH3 is 1. The van der Waals surface area contributed by atoms with Gasteiger partial charge in [0.15, 0.2) is 5.82 Å². The minimum Gasteiger partial charge on any atom is -0.453 e. The van der Waals surface area contributed by atoms with Crippen LogP contribution in [-0.4, -0.2) is 18.2 Å². The summed E-state index contributed by atoms with van der Waals surface area (Å²) in [6.45, 7) is 0. The lowest BCUT2D eigenvalue weighted by molar-refractivity contribution is 0.187. The second-order valence-electron chi connectivity index (χ2n) is 1.62. The van der Waals surface area contributed by atoms with Crippen molar-refractivity contribution in [2.24, 2.45) is 0 Å². The molecule has 0 saturated heterocycles. The van der Waals surface area contributed by atoms with Gasteiger partial charge in [0.25, 0.3) is 0 Å². The molecular weight excluding hydrogens is 184 g/mol. The maximum Gasteiger partial charge on any atom is 0.412 e. The fourth-order valence-electron chi connectivity index (χ4n) is 0.473. The van der Waals surface area contributed by atoms with E-state index in [1.54, 1.807) is 5.51 Å². The average molecular weight is 190 g/mol. The van der Waals surface area contributed by atoms with Gasteiger partial charge in [-0.15, -0.1) is 24.0 Å². The first-order valence-electron chi connectivity index (χ1n) is 2.71. The molecule has 0 fully saturated rings. The number of aromatic nitrogens is 1. The second-order valence-corrected chi connectivity index (χ2v) is 3.23. The van der Waals surface area contributed by atoms with Gasteiger partial charge in [0, 0.05) is 0 Å². The van der Waals surface area contributed by atoms with Crippen LogP contribution >= 0.6 is 24.0 Å². The summed E-state index contributed by atoms with van der Waals surface area (Å²) in [5.74, 6) is 0.435. The van der Waals surface area contributed by atoms with Gasteiger partial charge in [0.05, 0.1) is 12.6 Å². The molecule has 0 bridgehead atoms. The highest BCUT2D eigenvalue weighted by molar-refractivity contribution is 7.83. The van der Waals surface area contributed by atoms with Crippen molar-refractivity contribution < 1.29 is 9.53 Å². The molecule has 0 aliphatic heterocycles. The first-order chi connectivity index (χ1) is 5.24. The van der Waals surface area contributed by atoms with E-state index < -0.39 is 6.09 Å². The quantitative estimate of drug-likeness (QED) is 0.661. The first-order valence-corrected chi connectivity index (χ1v) is 4.04. The molecule has 1 N–H and O–H groups in total. The van der Waals surface area contributed by atoms with Crippen molar-refractivity contribution in [2.45, 2.75) is 4.21 Å². The third kappa shape index (κ3) is 2.09. The third-order valence-corrected chi connectivity index (χ3v) is 2.11. The predicted molar refractivity (Wildman–Crippen MR) is 45.4 cm³/mol. The molecule has 0 unspecified atom stereocenters. The number of thiol groups is 1. The van der Waals surface area contributed by atoms with Crippen LogP contribution in [0.1, 0.15) is 0 Å². The fourth-order valence-corrected chi connectivity index (χ4v) is 1.20. The molecule has 0 aliphatic rings. The Bertz CT molecular complexity index is 261. The zero-order valence-electron chi connectivity index (χ0n) is 5.70. The number of carbonyl (C=O) groups is 1. The standard InChI is InChI=1S/C5H6N2O2S2/c1-9-5(8)7-3-4(10)11-2-6-3/h2,10H,1H3,(H,7,8). The predicted octanol–water partition coefficient (Wildman–Crippen LogP) is 1.61. The van der Waals surface area contributed by atoms with Crippen molar-refractivity contribution >= 4 is 35.9 Å². The lowest BCUT2D eigenvalue weighted by atomic mass is 10.8. The largest absolute Gasteiger partial charge is 0.453 e. The van der Waals surface area contributed by atoms with E-state index in [0.717, 1.165) is 0 Å². The van der Waals surface area contributed by atoms with E-state index in [-0.39, 0.29) is 0 Å². The molecule has 0 radical (unpaired) electrons. The molecular formula is C5H6N2O2S2. The number of nitrogens with one attached hydrogen (secondary N) is 1. The molecule has 0 aromatic carbocycles. The highest BCUT2D eigenvalue weighted by Gasteiger charge is 2.05. The number of rotatable bonds is 1. The Labute approximate surface area is 73.0 Å². The van der Waals surface area contributed by atoms with Gasteiger partial charge < -0.3 is 4.74 Å². The van der Waals surface area contributed by atoms with Crippen LogP contribution in [0.4, 0.5) is 10.6 Å². The normalized spacial score (nSPS) is 9.27. The van der Waals surface area contributed by atoms with E-state index in [1.165, 1.54) is 18.4 Å². The minimum absolute atomic E-state index is 0.435. The summed E-state index contributed by atoms with van der Waals surface area (Å²) in [5, 5.41) is 2.40. The van der Waals surface area contributed by atoms with Crippen molar-refractivity contribution in [1.82, 2.24) is 4.98 Å². The second kappa shape index (κ2) is 3.59. The zero-order chi connectivity index (χ0) is 8.27. The number of anilines is 1. The Balaban J connectivity index is 2.64. The van der Waals surface area contributed by atoms with Gasteiger partial charge in [-0.1, -0.05) is 0 Å². The molecule has 1 aromatic rings. The smallest absolute Gasteiger partial charge is 0.412 e. The summed E-state index contributed by atoms with van der Waals surface area (Å²) >= 11 is 5.39. The monoisotopic (exact) mass is 190 g/mol. The Hall–Kier alpha value is -0.750. The van der Waals surface area contributed by atoms with Gasteiger partial charge in [-0.2, -0.15) is 0 Å². The van der Waals surface area contributed by atoms with Crippen molar-refractivity contribution in [2.75, 3.05) is 12.4 Å². The molecule has 0 aliphatic carbocycles. The Morgan fingerprint density at radius 2 is 2.64 bits per heavy atom. The third-order valence-electron chi connectivity index (χ3n) is 0.955. The van der Waals surface area contributed by atoms with E-state index in [2.05, 4.69) is 27.7 Å². The topological polar surface area (TPSA) is 51.2 Å². The van der Waals surface area contributed by atoms with Crippen LogP contribution in [0.3, 0.4) is 0 Å². The summed E-state index contributed by atoms with van der Waals surface area (Å²) in [6.07, 6.45) is -0.536. The van der Waals surface area contributed by atoms with Gasteiger partial charge in [-0.05, 0) is 0 Å². The highest BCUT2D eigenvalue weighted by Crippen LogP contribution is 2.22. The van der Waals surface area contributed by atoms with E-state index >= 15 is 0 Å². The van der Waals surface area contributed by atoms with Crippen molar-refractivity contribution in [3.8, 4) is 0 Å². The van der Waals surface area contributed by atoms with Crippen LogP contribution < -0.4 is 5.32 Å². The molecule has 1 heterocycles. The molecule has 1 rings (SSSR count).